The Morgan fingerprint density at radius 3 is 1.21 bits per heavy atom. The maximum atomic E-state index is 12.7. The molecule has 0 aliphatic heterocycles. The van der Waals surface area contributed by atoms with E-state index in [2.05, 4.69) is 97.2 Å². The topological polar surface area (TPSA) is 518 Å². The van der Waals surface area contributed by atoms with Crippen LogP contribution in [0, 0.1) is 25.2 Å². The number of carbonyl (C=O) groups is 10. The number of imidazole rings is 5. The SMILES string of the molecule is CC(C)OC(=O)c1ccccc1CC(=O)c1ccc(-n2ccnc2)nn1.COC(=O)c1cccc(C)c1NC(=O)c1ccc(-n2ccnc2)nn1.COC(=O)c1ccccc1NC(=O)c1ccc(-n2cnc(C#N)c2)nn1.COC(=O)c1ccccc1NC(=O)c1ccc(-n2cnc(C)c2)nn1.O=C(Nc1ccc(C(F)(F)F)cc1C(=O)O)c1ccc(-n2ccnc2)nn1. The fourth-order valence-corrected chi connectivity index (χ4v) is 11.2. The van der Waals surface area contributed by atoms with Gasteiger partial charge in [0.2, 0.25) is 0 Å². The molecule has 0 saturated carbocycles. The van der Waals surface area contributed by atoms with Crippen LogP contribution in [0.1, 0.15) is 146 Å². The highest BCUT2D eigenvalue weighted by atomic mass is 19.4. The molecule has 0 saturated heterocycles. The van der Waals surface area contributed by atoms with Gasteiger partial charge in [-0.25, -0.2) is 48.9 Å². The van der Waals surface area contributed by atoms with E-state index in [0.29, 0.717) is 69.4 Å². The number of rotatable bonds is 22. The van der Waals surface area contributed by atoms with Crippen molar-refractivity contribution in [1.29, 1.82) is 5.26 Å². The Balaban J connectivity index is 0.000000156. The van der Waals surface area contributed by atoms with E-state index in [1.165, 1.54) is 69.1 Å². The molecular weight excluding hydrogens is 1680 g/mol. The molecule has 0 aliphatic carbocycles. The van der Waals surface area contributed by atoms with Gasteiger partial charge >= 0.3 is 36.0 Å². The maximum Gasteiger partial charge on any atom is 0.416 e. The van der Waals surface area contributed by atoms with E-state index in [4.69, 9.17) is 29.3 Å². The minimum atomic E-state index is -4.71. The third-order valence-electron chi connectivity index (χ3n) is 17.5. The number of Topliss-reactive ketones (excluding diaryl/α,β-unsaturated/α-hetero) is 1. The summed E-state index contributed by atoms with van der Waals surface area (Å²) in [5, 5.41) is 67.4. The van der Waals surface area contributed by atoms with Gasteiger partial charge in [0.05, 0.1) is 89.3 Å². The van der Waals surface area contributed by atoms with Crippen molar-refractivity contribution < 1.29 is 85.2 Å². The second kappa shape index (κ2) is 43.0. The number of aromatic carboxylic acids is 1. The van der Waals surface area contributed by atoms with Gasteiger partial charge < -0.3 is 45.3 Å². The molecular formula is C86H70F3N25O15. The lowest BCUT2D eigenvalue weighted by Crippen LogP contribution is -2.18. The number of para-hydroxylation sites is 3. The number of methoxy groups -OCH3 is 3. The number of amides is 4. The van der Waals surface area contributed by atoms with Crippen LogP contribution in [0.15, 0.2) is 251 Å². The number of ether oxygens (including phenoxy) is 4. The van der Waals surface area contributed by atoms with E-state index < -0.39 is 70.8 Å². The number of carboxylic acid groups (broad SMARTS) is 1. The number of alkyl halides is 3. The molecule has 0 bridgehead atoms. The molecule has 10 heterocycles. The number of carbonyl (C=O) groups excluding carboxylic acids is 9. The van der Waals surface area contributed by atoms with Gasteiger partial charge in [-0.05, 0) is 154 Å². The van der Waals surface area contributed by atoms with E-state index in [1.54, 1.807) is 229 Å². The zero-order valence-corrected chi connectivity index (χ0v) is 68.6. The minimum Gasteiger partial charge on any atom is -0.478 e. The van der Waals surface area contributed by atoms with Crippen molar-refractivity contribution in [3.8, 4) is 35.2 Å². The van der Waals surface area contributed by atoms with Gasteiger partial charge in [-0.2, -0.15) is 18.4 Å². The van der Waals surface area contributed by atoms with Crippen molar-refractivity contribution in [2.45, 2.75) is 46.4 Å². The summed E-state index contributed by atoms with van der Waals surface area (Å²) in [4.78, 5) is 140. The molecule has 40 nitrogen and oxygen atoms in total. The summed E-state index contributed by atoms with van der Waals surface area (Å²) < 4.78 is 65.7. The number of ketones is 1. The van der Waals surface area contributed by atoms with Gasteiger partial charge in [0.1, 0.15) is 43.4 Å². The molecule has 0 atom stereocenters. The number of esters is 4. The highest BCUT2D eigenvalue weighted by Crippen LogP contribution is 2.33. The second-order valence-corrected chi connectivity index (χ2v) is 26.6. The fourth-order valence-electron chi connectivity index (χ4n) is 11.2. The molecule has 0 spiro atoms. The Kier molecular flexibility index (Phi) is 30.5. The molecule has 129 heavy (non-hydrogen) atoms. The maximum absolute atomic E-state index is 12.7. The van der Waals surface area contributed by atoms with Crippen LogP contribution in [0.2, 0.25) is 0 Å². The fraction of sp³-hybridized carbons (Fsp3) is 0.116. The average molecular weight is 1750 g/mol. The van der Waals surface area contributed by atoms with E-state index in [-0.39, 0.29) is 74.8 Å². The Morgan fingerprint density at radius 1 is 0.426 bits per heavy atom. The number of anilines is 4. The highest BCUT2D eigenvalue weighted by molar-refractivity contribution is 6.10. The average Bonchev–Trinajstić information content (AvgIpc) is 1.24. The van der Waals surface area contributed by atoms with Crippen LogP contribution < -0.4 is 21.3 Å². The quantitative estimate of drug-likeness (QED) is 0.0239. The molecule has 0 fully saturated rings. The third kappa shape index (κ3) is 24.3. The van der Waals surface area contributed by atoms with Crippen molar-refractivity contribution in [2.75, 3.05) is 42.6 Å². The predicted octanol–water partition coefficient (Wildman–Crippen LogP) is 10.9. The van der Waals surface area contributed by atoms with Crippen molar-refractivity contribution in [1.82, 2.24) is 98.7 Å². The smallest absolute Gasteiger partial charge is 0.416 e. The number of carboxylic acids is 1. The Bertz CT molecular complexity index is 6550. The van der Waals surface area contributed by atoms with Crippen molar-refractivity contribution in [2.24, 2.45) is 0 Å². The first-order chi connectivity index (χ1) is 62.1. The first-order valence-corrected chi connectivity index (χ1v) is 37.7. The minimum absolute atomic E-state index is 0.0441. The van der Waals surface area contributed by atoms with Crippen LogP contribution in [-0.2, 0) is 31.5 Å². The number of halogens is 3. The molecule has 15 rings (SSSR count). The molecule has 15 aromatic rings. The summed E-state index contributed by atoms with van der Waals surface area (Å²) in [5.41, 5.74) is 2.92. The first kappa shape index (κ1) is 91.5. The third-order valence-corrected chi connectivity index (χ3v) is 17.5. The zero-order valence-electron chi connectivity index (χ0n) is 68.6. The second-order valence-electron chi connectivity index (χ2n) is 26.6. The van der Waals surface area contributed by atoms with Gasteiger partial charge in [-0.15, -0.1) is 51.0 Å². The van der Waals surface area contributed by atoms with Crippen LogP contribution in [0.25, 0.3) is 29.1 Å². The number of nitrogens with zero attached hydrogens (tertiary/aromatic N) is 21. The van der Waals surface area contributed by atoms with Gasteiger partial charge in [-0.1, -0.05) is 54.6 Å². The number of hydrogen-bond acceptors (Lipinski definition) is 30. The van der Waals surface area contributed by atoms with Crippen LogP contribution in [0.4, 0.5) is 35.9 Å². The van der Waals surface area contributed by atoms with E-state index in [0.717, 1.165) is 17.3 Å². The van der Waals surface area contributed by atoms with Crippen molar-refractivity contribution in [3.63, 3.8) is 0 Å². The first-order valence-electron chi connectivity index (χ1n) is 37.7. The van der Waals surface area contributed by atoms with E-state index in [1.807, 2.05) is 13.0 Å². The largest absolute Gasteiger partial charge is 0.478 e. The van der Waals surface area contributed by atoms with Gasteiger partial charge in [0, 0.05) is 56.0 Å². The Labute approximate surface area is 727 Å². The molecule has 0 radical (unpaired) electrons. The summed E-state index contributed by atoms with van der Waals surface area (Å²) in [5.74, 6) is -3.72. The summed E-state index contributed by atoms with van der Waals surface area (Å²) in [6.45, 7) is 7.21. The van der Waals surface area contributed by atoms with Crippen molar-refractivity contribution >= 4 is 82.0 Å². The van der Waals surface area contributed by atoms with Crippen LogP contribution >= 0.6 is 0 Å². The lowest BCUT2D eigenvalue weighted by Gasteiger charge is -2.12. The van der Waals surface area contributed by atoms with Crippen molar-refractivity contribution in [3.05, 3.63) is 335 Å². The monoisotopic (exact) mass is 1750 g/mol. The molecule has 5 aromatic carbocycles. The summed E-state index contributed by atoms with van der Waals surface area (Å²) in [6.07, 6.45) is 16.0. The number of aromatic nitrogens is 20. The lowest BCUT2D eigenvalue weighted by atomic mass is 10.0. The summed E-state index contributed by atoms with van der Waals surface area (Å²) in [6, 6.07) is 44.5. The number of benzene rings is 5. The van der Waals surface area contributed by atoms with Crippen LogP contribution in [-0.4, -0.2) is 191 Å². The molecule has 43 heteroatoms. The molecule has 4 amide bonds. The predicted molar refractivity (Wildman–Crippen MR) is 449 cm³/mol. The van der Waals surface area contributed by atoms with E-state index >= 15 is 0 Å². The zero-order chi connectivity index (χ0) is 92.3. The van der Waals surface area contributed by atoms with Gasteiger partial charge in [0.15, 0.2) is 63.3 Å². The highest BCUT2D eigenvalue weighted by Gasteiger charge is 2.33. The lowest BCUT2D eigenvalue weighted by molar-refractivity contribution is -0.137. The summed E-state index contributed by atoms with van der Waals surface area (Å²) >= 11 is 0. The molecule has 650 valence electrons. The van der Waals surface area contributed by atoms with Gasteiger partial charge in [-0.3, -0.25) is 46.8 Å². The molecule has 0 unspecified atom stereocenters. The molecule has 10 aromatic heterocycles. The van der Waals surface area contributed by atoms with E-state index in [9.17, 15) is 61.1 Å². The molecule has 0 aliphatic rings. The Hall–Kier alpha value is -18.3. The van der Waals surface area contributed by atoms with Gasteiger partial charge in [0.25, 0.3) is 23.6 Å². The standard InChI is InChI=1S/C19H18N4O3.C17H12N6O3.2C17H15N5O3.C16H10F3N5O3/c1-13(2)26-19(25)15-6-4-3-5-14(15)11-17(24)16-7-8-18(22-21-16)23-10-9-20-12-23;1-26-17(25)12-4-2-3-5-13(12)20-16(24)14-6-7-15(22-21-14)23-9-11(8-18)19-10-23;1-11-4-3-5-12(17(24)25-2)15(11)19-16(23)13-6-7-14(21-20-13)22-9-8-18-10-22;1-11-9-22(10-18-11)15-8-7-14(20-21-15)16(23)19-13-6-4-3-5-12(13)17(24)25-2;17-16(18,19)9-1-2-11(10(7-9)15(26)27)21-14(25)12-3-4-13(23-22-12)24-6-5-20-8-24/h3-10,12-13H,11H2,1-2H3;2-7,9-10H,1H3,(H,20,24);2*3-10H,1-2H3,(H,19,23);1-8H,(H,21,25)(H,26,27). The number of aryl methyl sites for hydroxylation is 2. The number of nitriles is 1. The van der Waals surface area contributed by atoms with Crippen LogP contribution in [0.3, 0.4) is 0 Å². The normalized spacial score (nSPS) is 10.5. The number of hydrogen-bond donors (Lipinski definition) is 5. The molecule has 5 N–H and O–H groups in total. The Morgan fingerprint density at radius 2 is 0.822 bits per heavy atom. The number of nitrogens with one attached hydrogen (secondary N) is 4. The van der Waals surface area contributed by atoms with Crippen LogP contribution in [0.5, 0.6) is 0 Å². The summed E-state index contributed by atoms with van der Waals surface area (Å²) in [7, 11) is 3.83.